The molecule has 1 aromatic heterocycles. The molecule has 0 aliphatic heterocycles. The maximum atomic E-state index is 12.3. The van der Waals surface area contributed by atoms with Crippen LogP contribution in [0, 0.1) is 0 Å². The lowest BCUT2D eigenvalue weighted by Gasteiger charge is -2.10. The molecule has 5 nitrogen and oxygen atoms in total. The molecule has 0 saturated heterocycles. The molecule has 1 aromatic carbocycles. The highest BCUT2D eigenvalue weighted by Crippen LogP contribution is 2.20. The molecule has 0 aliphatic carbocycles. The van der Waals surface area contributed by atoms with Crippen molar-refractivity contribution in [3.05, 3.63) is 46.6 Å². The Morgan fingerprint density at radius 3 is 2.60 bits per heavy atom. The Bertz CT molecular complexity index is 614. The van der Waals surface area contributed by atoms with Gasteiger partial charge in [0.2, 0.25) is 0 Å². The van der Waals surface area contributed by atoms with Crippen molar-refractivity contribution >= 4 is 33.3 Å². The monoisotopic (exact) mass is 335 g/mol. The molecular formula is C14H14BrN3O2. The van der Waals surface area contributed by atoms with Crippen LogP contribution in [-0.2, 0) is 0 Å². The lowest BCUT2D eigenvalue weighted by molar-refractivity contribution is 0.102. The third-order valence-corrected chi connectivity index (χ3v) is 3.12. The average molecular weight is 336 g/mol. The van der Waals surface area contributed by atoms with E-state index in [9.17, 15) is 4.79 Å². The van der Waals surface area contributed by atoms with E-state index in [2.05, 4.69) is 31.5 Å². The third-order valence-electron chi connectivity index (χ3n) is 2.68. The summed E-state index contributed by atoms with van der Waals surface area (Å²) >= 11 is 3.31. The molecule has 2 N–H and O–H groups in total. The average Bonchev–Trinajstić information content (AvgIpc) is 2.48. The van der Waals surface area contributed by atoms with Gasteiger partial charge in [0, 0.05) is 23.4 Å². The minimum absolute atomic E-state index is 0.228. The molecule has 2 aromatic rings. The Balaban J connectivity index is 2.20. The minimum atomic E-state index is -0.228. The standard InChI is InChI=1S/C14H14BrN3O2/c1-16-13-12(7-9(15)8-17-13)14(19)18-10-3-5-11(20-2)6-4-10/h3-8H,1-2H3,(H,16,17)(H,18,19). The number of nitrogens with zero attached hydrogens (tertiary/aromatic N) is 1. The van der Waals surface area contributed by atoms with Gasteiger partial charge >= 0.3 is 0 Å². The Kier molecular flexibility index (Phi) is 4.57. The number of amides is 1. The highest BCUT2D eigenvalue weighted by Gasteiger charge is 2.13. The summed E-state index contributed by atoms with van der Waals surface area (Å²) in [5.74, 6) is 1.04. The molecule has 0 bridgehead atoms. The number of pyridine rings is 1. The second kappa shape index (κ2) is 6.38. The van der Waals surface area contributed by atoms with Gasteiger partial charge in [-0.05, 0) is 46.3 Å². The summed E-state index contributed by atoms with van der Waals surface area (Å²) in [5, 5.41) is 5.71. The Hall–Kier alpha value is -2.08. The first-order valence-corrected chi connectivity index (χ1v) is 6.72. The first-order valence-electron chi connectivity index (χ1n) is 5.92. The van der Waals surface area contributed by atoms with Crippen molar-refractivity contribution in [3.8, 4) is 5.75 Å². The quantitative estimate of drug-likeness (QED) is 0.900. The zero-order valence-electron chi connectivity index (χ0n) is 11.1. The summed E-state index contributed by atoms with van der Waals surface area (Å²) in [6, 6.07) is 8.85. The Morgan fingerprint density at radius 1 is 1.30 bits per heavy atom. The number of benzene rings is 1. The van der Waals surface area contributed by atoms with Crippen LogP contribution < -0.4 is 15.4 Å². The number of halogens is 1. The Morgan fingerprint density at radius 2 is 2.00 bits per heavy atom. The van der Waals surface area contributed by atoms with Gasteiger partial charge in [-0.1, -0.05) is 0 Å². The van der Waals surface area contributed by atoms with E-state index < -0.39 is 0 Å². The van der Waals surface area contributed by atoms with Crippen LogP contribution in [0.4, 0.5) is 11.5 Å². The summed E-state index contributed by atoms with van der Waals surface area (Å²) in [5.41, 5.74) is 1.16. The first-order chi connectivity index (χ1) is 9.63. The van der Waals surface area contributed by atoms with Gasteiger partial charge < -0.3 is 15.4 Å². The molecule has 0 aliphatic rings. The van der Waals surface area contributed by atoms with E-state index in [0.29, 0.717) is 17.1 Å². The van der Waals surface area contributed by atoms with Gasteiger partial charge in [-0.2, -0.15) is 0 Å². The summed E-state index contributed by atoms with van der Waals surface area (Å²) in [7, 11) is 3.32. The van der Waals surface area contributed by atoms with Gasteiger partial charge in [-0.15, -0.1) is 0 Å². The van der Waals surface area contributed by atoms with E-state index in [1.165, 1.54) is 0 Å². The topological polar surface area (TPSA) is 63.2 Å². The van der Waals surface area contributed by atoms with Crippen LogP contribution in [0.25, 0.3) is 0 Å². The van der Waals surface area contributed by atoms with Crippen molar-refractivity contribution in [2.24, 2.45) is 0 Å². The molecule has 0 spiro atoms. The van der Waals surface area contributed by atoms with Crippen molar-refractivity contribution in [2.45, 2.75) is 0 Å². The fraction of sp³-hybridized carbons (Fsp3) is 0.143. The number of anilines is 2. The molecule has 104 valence electrons. The molecule has 0 saturated carbocycles. The number of carbonyl (C=O) groups is 1. The summed E-state index contributed by atoms with van der Waals surface area (Å²) < 4.78 is 5.82. The molecular weight excluding hydrogens is 322 g/mol. The van der Waals surface area contributed by atoms with Crippen molar-refractivity contribution in [2.75, 3.05) is 24.8 Å². The summed E-state index contributed by atoms with van der Waals surface area (Å²) in [6.45, 7) is 0. The van der Waals surface area contributed by atoms with Gasteiger partial charge in [-0.3, -0.25) is 4.79 Å². The SMILES string of the molecule is CNc1ncc(Br)cc1C(=O)Nc1ccc(OC)cc1. The number of carbonyl (C=O) groups excluding carboxylic acids is 1. The van der Waals surface area contributed by atoms with Crippen molar-refractivity contribution in [3.63, 3.8) is 0 Å². The first kappa shape index (κ1) is 14.3. The van der Waals surface area contributed by atoms with Gasteiger partial charge in [0.05, 0.1) is 12.7 Å². The van der Waals surface area contributed by atoms with Crippen LogP contribution in [0.15, 0.2) is 41.0 Å². The molecule has 6 heteroatoms. The number of methoxy groups -OCH3 is 1. The van der Waals surface area contributed by atoms with Gasteiger partial charge in [-0.25, -0.2) is 4.98 Å². The Labute approximate surface area is 125 Å². The molecule has 0 radical (unpaired) electrons. The zero-order valence-corrected chi connectivity index (χ0v) is 12.7. The van der Waals surface area contributed by atoms with Crippen LogP contribution in [0.1, 0.15) is 10.4 Å². The van der Waals surface area contributed by atoms with Crippen LogP contribution >= 0.6 is 15.9 Å². The summed E-state index contributed by atoms with van der Waals surface area (Å²) in [6.07, 6.45) is 1.63. The zero-order chi connectivity index (χ0) is 14.5. The second-order valence-corrected chi connectivity index (χ2v) is 4.90. The predicted molar refractivity (Wildman–Crippen MR) is 82.4 cm³/mol. The molecule has 0 atom stereocenters. The van der Waals surface area contributed by atoms with E-state index in [1.807, 2.05) is 0 Å². The van der Waals surface area contributed by atoms with Crippen LogP contribution in [0.5, 0.6) is 5.75 Å². The van der Waals surface area contributed by atoms with Crippen molar-refractivity contribution in [1.82, 2.24) is 4.98 Å². The predicted octanol–water partition coefficient (Wildman–Crippen LogP) is 3.15. The number of hydrogen-bond donors (Lipinski definition) is 2. The summed E-state index contributed by atoms with van der Waals surface area (Å²) in [4.78, 5) is 16.4. The van der Waals surface area contributed by atoms with Gasteiger partial charge in [0.1, 0.15) is 11.6 Å². The molecule has 1 heterocycles. The van der Waals surface area contributed by atoms with Crippen LogP contribution in [0.3, 0.4) is 0 Å². The van der Waals surface area contributed by atoms with Gasteiger partial charge in [0.25, 0.3) is 5.91 Å². The maximum Gasteiger partial charge on any atom is 0.259 e. The van der Waals surface area contributed by atoms with Crippen LogP contribution in [0.2, 0.25) is 0 Å². The molecule has 1 amide bonds. The molecule has 2 rings (SSSR count). The highest BCUT2D eigenvalue weighted by atomic mass is 79.9. The largest absolute Gasteiger partial charge is 0.497 e. The maximum absolute atomic E-state index is 12.3. The van der Waals surface area contributed by atoms with E-state index in [1.54, 1.807) is 50.7 Å². The number of rotatable bonds is 4. The van der Waals surface area contributed by atoms with E-state index in [4.69, 9.17) is 4.74 Å². The number of nitrogens with one attached hydrogen (secondary N) is 2. The van der Waals surface area contributed by atoms with Crippen molar-refractivity contribution < 1.29 is 9.53 Å². The lowest BCUT2D eigenvalue weighted by Crippen LogP contribution is -2.14. The van der Waals surface area contributed by atoms with Crippen LogP contribution in [-0.4, -0.2) is 25.0 Å². The molecule has 0 fully saturated rings. The van der Waals surface area contributed by atoms with E-state index >= 15 is 0 Å². The normalized spacial score (nSPS) is 9.95. The van der Waals surface area contributed by atoms with E-state index in [0.717, 1.165) is 10.2 Å². The fourth-order valence-electron chi connectivity index (χ4n) is 1.68. The number of ether oxygens (including phenoxy) is 1. The number of hydrogen-bond acceptors (Lipinski definition) is 4. The second-order valence-electron chi connectivity index (χ2n) is 3.98. The van der Waals surface area contributed by atoms with Crippen molar-refractivity contribution in [1.29, 1.82) is 0 Å². The van der Waals surface area contributed by atoms with Gasteiger partial charge in [0.15, 0.2) is 0 Å². The molecule has 20 heavy (non-hydrogen) atoms. The lowest BCUT2D eigenvalue weighted by atomic mass is 10.2. The molecule has 0 unspecified atom stereocenters. The van der Waals surface area contributed by atoms with E-state index in [-0.39, 0.29) is 5.91 Å². The fourth-order valence-corrected chi connectivity index (χ4v) is 2.02. The number of aromatic nitrogens is 1. The highest BCUT2D eigenvalue weighted by molar-refractivity contribution is 9.10. The third kappa shape index (κ3) is 3.27. The minimum Gasteiger partial charge on any atom is -0.497 e. The smallest absolute Gasteiger partial charge is 0.259 e.